The number of aromatic nitrogens is 1. The molecule has 1 atom stereocenters. The number of phenols is 1. The first-order valence-electron chi connectivity index (χ1n) is 7.42. The fourth-order valence-corrected chi connectivity index (χ4v) is 2.47. The number of hydrogen-bond donors (Lipinski definition) is 2. The van der Waals surface area contributed by atoms with Crippen LogP contribution in [0.3, 0.4) is 0 Å². The summed E-state index contributed by atoms with van der Waals surface area (Å²) in [4.78, 5) is 15.3. The summed E-state index contributed by atoms with van der Waals surface area (Å²) >= 11 is 0. The smallest absolute Gasteiger partial charge is 0.335 e. The van der Waals surface area contributed by atoms with Crippen LogP contribution in [0.15, 0.2) is 47.7 Å². The molecule has 0 radical (unpaired) electrons. The van der Waals surface area contributed by atoms with E-state index >= 15 is 0 Å². The maximum Gasteiger partial charge on any atom is 0.335 e. The molecule has 0 saturated carbocycles. The number of pyridine rings is 1. The van der Waals surface area contributed by atoms with Gasteiger partial charge in [0.25, 0.3) is 0 Å². The molecule has 7 nitrogen and oxygen atoms in total. The molecule has 0 bridgehead atoms. The lowest BCUT2D eigenvalue weighted by Crippen LogP contribution is -2.42. The highest BCUT2D eigenvalue weighted by molar-refractivity contribution is 5.88. The lowest BCUT2D eigenvalue weighted by atomic mass is 10.1. The Morgan fingerprint density at radius 1 is 1.38 bits per heavy atom. The van der Waals surface area contributed by atoms with Crippen molar-refractivity contribution in [3.8, 4) is 5.75 Å². The van der Waals surface area contributed by atoms with E-state index < -0.39 is 11.7 Å². The van der Waals surface area contributed by atoms with Crippen molar-refractivity contribution in [2.24, 2.45) is 5.10 Å². The maximum absolute atomic E-state index is 11.1. The number of carboxylic acid groups (broad SMARTS) is 1. The number of benzene rings is 1. The summed E-state index contributed by atoms with van der Waals surface area (Å²) < 4.78 is 6.00. The summed E-state index contributed by atoms with van der Waals surface area (Å²) in [6.07, 6.45) is 3.67. The van der Waals surface area contributed by atoms with Gasteiger partial charge in [-0.2, -0.15) is 5.10 Å². The van der Waals surface area contributed by atoms with E-state index in [9.17, 15) is 9.90 Å². The summed E-state index contributed by atoms with van der Waals surface area (Å²) in [6.45, 7) is 2.14. The summed E-state index contributed by atoms with van der Waals surface area (Å²) in [6, 6.07) is 9.71. The summed E-state index contributed by atoms with van der Waals surface area (Å²) in [5, 5.41) is 24.5. The molecule has 1 unspecified atom stereocenters. The normalized spacial score (nSPS) is 19.6. The molecular formula is C17H17N3O4. The molecule has 7 heteroatoms. The quantitative estimate of drug-likeness (QED) is 0.876. The molecule has 0 spiro atoms. The molecule has 3 rings (SSSR count). The van der Waals surface area contributed by atoms with Gasteiger partial charge < -0.3 is 14.9 Å². The van der Waals surface area contributed by atoms with Crippen molar-refractivity contribution in [1.29, 1.82) is 0 Å². The number of hydrogen-bond acceptors (Lipinski definition) is 6. The van der Waals surface area contributed by atoms with Gasteiger partial charge in [-0.05, 0) is 36.8 Å². The SMILES string of the molecule is CC1(OCc2cccc(O)c2)CC=NN1c1cc(C(=O)O)ccn1. The number of anilines is 1. The van der Waals surface area contributed by atoms with Crippen LogP contribution < -0.4 is 5.01 Å². The number of rotatable bonds is 5. The second-order valence-corrected chi connectivity index (χ2v) is 5.66. The molecule has 2 aromatic rings. The number of aromatic hydroxyl groups is 1. The third-order valence-corrected chi connectivity index (χ3v) is 3.78. The van der Waals surface area contributed by atoms with Gasteiger partial charge in [0.1, 0.15) is 5.75 Å². The van der Waals surface area contributed by atoms with Gasteiger partial charge in [0, 0.05) is 18.8 Å². The summed E-state index contributed by atoms with van der Waals surface area (Å²) in [7, 11) is 0. The molecule has 1 aliphatic rings. The van der Waals surface area contributed by atoms with Crippen molar-refractivity contribution in [1.82, 2.24) is 4.98 Å². The number of carbonyl (C=O) groups is 1. The Bertz CT molecular complexity index is 793. The van der Waals surface area contributed by atoms with Crippen LogP contribution in [-0.2, 0) is 11.3 Å². The average molecular weight is 327 g/mol. The molecule has 2 N–H and O–H groups in total. The van der Waals surface area contributed by atoms with E-state index in [1.807, 2.05) is 13.0 Å². The number of phenolic OH excluding ortho intramolecular Hbond substituents is 1. The molecule has 0 fully saturated rings. The van der Waals surface area contributed by atoms with Crippen molar-refractivity contribution in [3.05, 3.63) is 53.7 Å². The highest BCUT2D eigenvalue weighted by Gasteiger charge is 2.37. The van der Waals surface area contributed by atoms with Crippen molar-refractivity contribution >= 4 is 18.0 Å². The Morgan fingerprint density at radius 3 is 2.96 bits per heavy atom. The van der Waals surface area contributed by atoms with Gasteiger partial charge in [-0.1, -0.05) is 12.1 Å². The van der Waals surface area contributed by atoms with Gasteiger partial charge in [-0.15, -0.1) is 0 Å². The molecule has 24 heavy (non-hydrogen) atoms. The molecule has 1 aromatic heterocycles. The number of ether oxygens (including phenoxy) is 1. The molecule has 0 amide bonds. The molecule has 124 valence electrons. The molecule has 1 aliphatic heterocycles. The van der Waals surface area contributed by atoms with Crippen molar-refractivity contribution in [2.45, 2.75) is 25.7 Å². The Kier molecular flexibility index (Phi) is 4.18. The van der Waals surface area contributed by atoms with E-state index in [2.05, 4.69) is 10.1 Å². The van der Waals surface area contributed by atoms with Crippen LogP contribution in [0.25, 0.3) is 0 Å². The van der Waals surface area contributed by atoms with Crippen LogP contribution in [0.2, 0.25) is 0 Å². The monoisotopic (exact) mass is 327 g/mol. The third kappa shape index (κ3) is 3.21. The number of carboxylic acids is 1. The van der Waals surface area contributed by atoms with Crippen molar-refractivity contribution in [3.63, 3.8) is 0 Å². The standard InChI is InChI=1S/C17H17N3O4/c1-17(24-11-12-3-2-4-14(21)9-12)6-8-19-20(17)15-10-13(16(22)23)5-7-18-15/h2-5,7-10,21H,6,11H2,1H3,(H,22,23). The predicted octanol–water partition coefficient (Wildman–Crippen LogP) is 2.61. The van der Waals surface area contributed by atoms with Gasteiger partial charge in [0.2, 0.25) is 0 Å². The molecule has 2 heterocycles. The largest absolute Gasteiger partial charge is 0.508 e. The Morgan fingerprint density at radius 2 is 2.21 bits per heavy atom. The minimum absolute atomic E-state index is 0.137. The van der Waals surface area contributed by atoms with Crippen molar-refractivity contribution in [2.75, 3.05) is 5.01 Å². The van der Waals surface area contributed by atoms with E-state index in [4.69, 9.17) is 9.84 Å². The van der Waals surface area contributed by atoms with Crippen LogP contribution in [0.1, 0.15) is 29.3 Å². The number of aromatic carboxylic acids is 1. The summed E-state index contributed by atoms with van der Waals surface area (Å²) in [5.74, 6) is -0.442. The van der Waals surface area contributed by atoms with Gasteiger partial charge in [0.15, 0.2) is 11.5 Å². The van der Waals surface area contributed by atoms with Crippen molar-refractivity contribution < 1.29 is 19.7 Å². The van der Waals surface area contributed by atoms with Gasteiger partial charge in [-0.3, -0.25) is 0 Å². The van der Waals surface area contributed by atoms with Gasteiger partial charge in [0.05, 0.1) is 12.2 Å². The first kappa shape index (κ1) is 15.9. The highest BCUT2D eigenvalue weighted by Crippen LogP contribution is 2.32. The maximum atomic E-state index is 11.1. The topological polar surface area (TPSA) is 95.2 Å². The second kappa shape index (κ2) is 6.29. The van der Waals surface area contributed by atoms with E-state index in [1.165, 1.54) is 18.3 Å². The van der Waals surface area contributed by atoms with E-state index in [0.29, 0.717) is 12.2 Å². The minimum atomic E-state index is -1.02. The highest BCUT2D eigenvalue weighted by atomic mass is 16.5. The Balaban J connectivity index is 1.79. The van der Waals surface area contributed by atoms with E-state index in [-0.39, 0.29) is 17.9 Å². The fourth-order valence-electron chi connectivity index (χ4n) is 2.47. The van der Waals surface area contributed by atoms with Gasteiger partial charge >= 0.3 is 5.97 Å². The zero-order chi connectivity index (χ0) is 17.2. The number of hydrazone groups is 1. The lowest BCUT2D eigenvalue weighted by Gasteiger charge is -2.33. The predicted molar refractivity (Wildman–Crippen MR) is 88.1 cm³/mol. The Labute approximate surface area is 138 Å². The molecule has 1 aromatic carbocycles. The average Bonchev–Trinajstić information content (AvgIpc) is 2.95. The zero-order valence-electron chi connectivity index (χ0n) is 13.1. The molecular weight excluding hydrogens is 310 g/mol. The van der Waals surface area contributed by atoms with Crippen LogP contribution in [0.5, 0.6) is 5.75 Å². The number of nitrogens with zero attached hydrogens (tertiary/aromatic N) is 3. The van der Waals surface area contributed by atoms with Crippen LogP contribution in [0, 0.1) is 0 Å². The van der Waals surface area contributed by atoms with E-state index in [1.54, 1.807) is 29.4 Å². The first-order chi connectivity index (χ1) is 11.5. The van der Waals surface area contributed by atoms with E-state index in [0.717, 1.165) is 5.56 Å². The van der Waals surface area contributed by atoms with Crippen LogP contribution in [0.4, 0.5) is 5.82 Å². The minimum Gasteiger partial charge on any atom is -0.508 e. The first-order valence-corrected chi connectivity index (χ1v) is 7.42. The second-order valence-electron chi connectivity index (χ2n) is 5.66. The zero-order valence-corrected chi connectivity index (χ0v) is 13.1. The third-order valence-electron chi connectivity index (χ3n) is 3.78. The lowest BCUT2D eigenvalue weighted by molar-refractivity contribution is -0.0341. The summed E-state index contributed by atoms with van der Waals surface area (Å²) in [5.41, 5.74) is 0.183. The Hall–Kier alpha value is -2.93. The van der Waals surface area contributed by atoms with Crippen LogP contribution >= 0.6 is 0 Å². The van der Waals surface area contributed by atoms with Gasteiger partial charge in [-0.25, -0.2) is 14.8 Å². The fraction of sp³-hybridized carbons (Fsp3) is 0.235. The van der Waals surface area contributed by atoms with Crippen LogP contribution in [-0.4, -0.2) is 33.1 Å². The molecule has 0 aliphatic carbocycles. The molecule has 0 saturated heterocycles.